The molecular formula is C25H31N3O4. The molecule has 7 nitrogen and oxygen atoms in total. The Morgan fingerprint density at radius 2 is 1.84 bits per heavy atom. The van der Waals surface area contributed by atoms with Gasteiger partial charge in [-0.3, -0.25) is 19.7 Å². The lowest BCUT2D eigenvalue weighted by Gasteiger charge is -2.27. The zero-order valence-electron chi connectivity index (χ0n) is 19.1. The normalized spacial score (nSPS) is 16.8. The minimum absolute atomic E-state index is 0.0218. The highest BCUT2D eigenvalue weighted by atomic mass is 16.6. The fraction of sp³-hybridized carbons (Fsp3) is 0.440. The summed E-state index contributed by atoms with van der Waals surface area (Å²) in [5.41, 5.74) is 3.30. The molecule has 2 aromatic carbocycles. The number of hydrogen-bond acceptors (Lipinski definition) is 4. The first-order valence-corrected chi connectivity index (χ1v) is 11.1. The van der Waals surface area contributed by atoms with E-state index in [1.807, 2.05) is 19.1 Å². The summed E-state index contributed by atoms with van der Waals surface area (Å²) in [5.74, 6) is -0.0762. The smallest absolute Gasteiger partial charge is 0.269 e. The second kappa shape index (κ2) is 9.94. The number of amides is 2. The van der Waals surface area contributed by atoms with Gasteiger partial charge in [0.05, 0.1) is 10.8 Å². The van der Waals surface area contributed by atoms with Crippen molar-refractivity contribution in [2.75, 3.05) is 11.9 Å². The lowest BCUT2D eigenvalue weighted by Crippen LogP contribution is -2.44. The van der Waals surface area contributed by atoms with E-state index in [1.54, 1.807) is 11.8 Å². The number of carbonyl (C=O) groups is 2. The van der Waals surface area contributed by atoms with Gasteiger partial charge in [-0.15, -0.1) is 0 Å². The third kappa shape index (κ3) is 5.33. The van der Waals surface area contributed by atoms with Crippen molar-refractivity contribution in [2.45, 2.75) is 58.9 Å². The maximum Gasteiger partial charge on any atom is 0.269 e. The van der Waals surface area contributed by atoms with Crippen LogP contribution in [0.5, 0.6) is 0 Å². The fourth-order valence-corrected chi connectivity index (χ4v) is 4.23. The number of rotatable bonds is 7. The summed E-state index contributed by atoms with van der Waals surface area (Å²) < 4.78 is 0. The number of anilines is 1. The third-order valence-electron chi connectivity index (χ3n) is 6.01. The Labute approximate surface area is 189 Å². The molecule has 32 heavy (non-hydrogen) atoms. The highest BCUT2D eigenvalue weighted by Crippen LogP contribution is 2.27. The van der Waals surface area contributed by atoms with Crippen molar-refractivity contribution in [2.24, 2.45) is 5.92 Å². The molecule has 7 heteroatoms. The molecule has 0 saturated carbocycles. The Balaban J connectivity index is 1.69. The van der Waals surface area contributed by atoms with Crippen molar-refractivity contribution in [3.63, 3.8) is 0 Å². The highest BCUT2D eigenvalue weighted by molar-refractivity contribution is 5.99. The first kappa shape index (κ1) is 23.4. The SMILES string of the molecule is Cc1cc([N+](=O)[O-])ccc1NC(=O)C1CCCN1C(=O)C(C)c1ccc(CC(C)C)cc1. The number of benzene rings is 2. The average molecular weight is 438 g/mol. The number of nitrogens with one attached hydrogen (secondary N) is 1. The molecule has 2 aromatic rings. The van der Waals surface area contributed by atoms with Crippen LogP contribution in [0.2, 0.25) is 0 Å². The van der Waals surface area contributed by atoms with Crippen LogP contribution >= 0.6 is 0 Å². The molecule has 170 valence electrons. The molecule has 3 rings (SSSR count). The number of carbonyl (C=O) groups excluding carboxylic acids is 2. The molecule has 0 aromatic heterocycles. The quantitative estimate of drug-likeness (QED) is 0.496. The van der Waals surface area contributed by atoms with Crippen LogP contribution in [0.3, 0.4) is 0 Å². The highest BCUT2D eigenvalue weighted by Gasteiger charge is 2.36. The number of non-ortho nitro benzene ring substituents is 1. The van der Waals surface area contributed by atoms with Gasteiger partial charge in [0.15, 0.2) is 0 Å². The van der Waals surface area contributed by atoms with E-state index in [-0.39, 0.29) is 23.4 Å². The number of hydrogen-bond donors (Lipinski definition) is 1. The number of nitrogens with zero attached hydrogens (tertiary/aromatic N) is 2. The molecule has 2 unspecified atom stereocenters. The molecule has 0 aliphatic carbocycles. The standard InChI is InChI=1S/C25H31N3O4/c1-16(2)14-19-7-9-20(10-8-19)18(4)25(30)27-13-5-6-23(27)24(29)26-22-12-11-21(28(31)32)15-17(22)3/h7-12,15-16,18,23H,5-6,13-14H2,1-4H3,(H,26,29). The monoisotopic (exact) mass is 437 g/mol. The van der Waals surface area contributed by atoms with Crippen molar-refractivity contribution in [3.05, 3.63) is 69.3 Å². The molecule has 1 N–H and O–H groups in total. The molecule has 0 radical (unpaired) electrons. The number of nitro groups is 1. The first-order valence-electron chi connectivity index (χ1n) is 11.1. The van der Waals surface area contributed by atoms with Crippen molar-refractivity contribution in [3.8, 4) is 0 Å². The average Bonchev–Trinajstić information content (AvgIpc) is 3.24. The number of nitro benzene ring substituents is 1. The van der Waals surface area contributed by atoms with Crippen LogP contribution in [0.4, 0.5) is 11.4 Å². The Kier molecular flexibility index (Phi) is 7.28. The molecule has 1 heterocycles. The summed E-state index contributed by atoms with van der Waals surface area (Å²) in [6.45, 7) is 8.50. The largest absolute Gasteiger partial charge is 0.330 e. The summed E-state index contributed by atoms with van der Waals surface area (Å²) >= 11 is 0. The zero-order chi connectivity index (χ0) is 23.4. The summed E-state index contributed by atoms with van der Waals surface area (Å²) in [6.07, 6.45) is 2.37. The van der Waals surface area contributed by atoms with Gasteiger partial charge in [0.1, 0.15) is 6.04 Å². The number of aryl methyl sites for hydroxylation is 1. The Hall–Kier alpha value is -3.22. The van der Waals surface area contributed by atoms with Gasteiger partial charge in [0, 0.05) is 24.4 Å². The fourth-order valence-electron chi connectivity index (χ4n) is 4.23. The van der Waals surface area contributed by atoms with E-state index in [2.05, 4.69) is 31.3 Å². The molecule has 1 saturated heterocycles. The Bertz CT molecular complexity index is 1000. The van der Waals surface area contributed by atoms with Gasteiger partial charge < -0.3 is 10.2 Å². The summed E-state index contributed by atoms with van der Waals surface area (Å²) in [6, 6.07) is 11.9. The second-order valence-electron chi connectivity index (χ2n) is 9.00. The zero-order valence-corrected chi connectivity index (χ0v) is 19.1. The summed E-state index contributed by atoms with van der Waals surface area (Å²) in [7, 11) is 0. The van der Waals surface area contributed by atoms with Crippen LogP contribution < -0.4 is 5.32 Å². The van der Waals surface area contributed by atoms with Gasteiger partial charge in [-0.1, -0.05) is 38.1 Å². The molecule has 1 aliphatic heterocycles. The van der Waals surface area contributed by atoms with Crippen LogP contribution in [0.15, 0.2) is 42.5 Å². The van der Waals surface area contributed by atoms with Crippen LogP contribution in [0.25, 0.3) is 0 Å². The van der Waals surface area contributed by atoms with E-state index in [9.17, 15) is 19.7 Å². The molecule has 0 spiro atoms. The van der Waals surface area contributed by atoms with E-state index in [0.29, 0.717) is 30.1 Å². The molecule has 1 aliphatic rings. The summed E-state index contributed by atoms with van der Waals surface area (Å²) in [5, 5.41) is 13.8. The Morgan fingerprint density at radius 3 is 2.44 bits per heavy atom. The summed E-state index contributed by atoms with van der Waals surface area (Å²) in [4.78, 5) is 38.3. The van der Waals surface area contributed by atoms with Gasteiger partial charge in [0.2, 0.25) is 11.8 Å². The lowest BCUT2D eigenvalue weighted by molar-refractivity contribution is -0.384. The molecular weight excluding hydrogens is 406 g/mol. The van der Waals surface area contributed by atoms with Gasteiger partial charge in [0.25, 0.3) is 5.69 Å². The van der Waals surface area contributed by atoms with Crippen molar-refractivity contribution >= 4 is 23.2 Å². The van der Waals surface area contributed by atoms with E-state index in [1.165, 1.54) is 23.8 Å². The van der Waals surface area contributed by atoms with E-state index >= 15 is 0 Å². The van der Waals surface area contributed by atoms with Gasteiger partial charge in [-0.25, -0.2) is 0 Å². The number of likely N-dealkylation sites (tertiary alicyclic amines) is 1. The minimum Gasteiger partial charge on any atom is -0.330 e. The molecule has 1 fully saturated rings. The molecule has 2 atom stereocenters. The predicted octanol–water partition coefficient (Wildman–Crippen LogP) is 4.83. The van der Waals surface area contributed by atoms with E-state index in [0.717, 1.165) is 18.4 Å². The van der Waals surface area contributed by atoms with Gasteiger partial charge in [-0.05, 0) is 61.8 Å². The maximum atomic E-state index is 13.2. The van der Waals surface area contributed by atoms with Crippen molar-refractivity contribution in [1.29, 1.82) is 0 Å². The van der Waals surface area contributed by atoms with Gasteiger partial charge in [-0.2, -0.15) is 0 Å². The predicted molar refractivity (Wildman–Crippen MR) is 125 cm³/mol. The van der Waals surface area contributed by atoms with E-state index in [4.69, 9.17) is 0 Å². The molecule has 2 amide bonds. The maximum absolute atomic E-state index is 13.2. The minimum atomic E-state index is -0.542. The second-order valence-corrected chi connectivity index (χ2v) is 9.00. The van der Waals surface area contributed by atoms with E-state index < -0.39 is 11.0 Å². The van der Waals surface area contributed by atoms with Crippen molar-refractivity contribution < 1.29 is 14.5 Å². The first-order chi connectivity index (χ1) is 15.2. The molecule has 0 bridgehead atoms. The third-order valence-corrected chi connectivity index (χ3v) is 6.01. The lowest BCUT2D eigenvalue weighted by atomic mass is 9.95. The van der Waals surface area contributed by atoms with Crippen molar-refractivity contribution in [1.82, 2.24) is 4.90 Å². The van der Waals surface area contributed by atoms with Crippen LogP contribution in [0, 0.1) is 23.0 Å². The topological polar surface area (TPSA) is 92.6 Å². The van der Waals surface area contributed by atoms with Crippen LogP contribution in [0.1, 0.15) is 56.2 Å². The van der Waals surface area contributed by atoms with Gasteiger partial charge >= 0.3 is 0 Å². The van der Waals surface area contributed by atoms with Crippen LogP contribution in [-0.2, 0) is 16.0 Å². The van der Waals surface area contributed by atoms with Crippen LogP contribution in [-0.4, -0.2) is 34.2 Å². The Morgan fingerprint density at radius 1 is 1.16 bits per heavy atom.